The number of nitrogens with two attached hydrogens (primary N) is 1. The molecule has 1 unspecified atom stereocenters. The van der Waals surface area contributed by atoms with Crippen molar-refractivity contribution < 1.29 is 4.74 Å². The van der Waals surface area contributed by atoms with Gasteiger partial charge in [0.2, 0.25) is 0 Å². The molecule has 0 aliphatic carbocycles. The Kier molecular flexibility index (Phi) is 5.67. The smallest absolute Gasteiger partial charge is 0.122 e. The molecular formula is C16H27NO. The van der Waals surface area contributed by atoms with Crippen LogP contribution in [-0.2, 0) is 6.42 Å². The Morgan fingerprint density at radius 3 is 2.28 bits per heavy atom. The maximum absolute atomic E-state index is 5.87. The average molecular weight is 249 g/mol. The molecule has 1 aromatic rings. The average Bonchev–Trinajstić information content (AvgIpc) is 2.35. The summed E-state index contributed by atoms with van der Waals surface area (Å²) in [5.41, 5.74) is 8.52. The van der Waals surface area contributed by atoms with Crippen LogP contribution in [0.4, 0.5) is 0 Å². The van der Waals surface area contributed by atoms with E-state index >= 15 is 0 Å². The van der Waals surface area contributed by atoms with Gasteiger partial charge in [-0.1, -0.05) is 39.8 Å². The molecule has 0 aliphatic heterocycles. The van der Waals surface area contributed by atoms with Gasteiger partial charge in [0.15, 0.2) is 0 Å². The number of benzene rings is 1. The van der Waals surface area contributed by atoms with Gasteiger partial charge in [-0.25, -0.2) is 0 Å². The molecule has 0 amide bonds. The molecule has 0 fully saturated rings. The molecule has 0 saturated carbocycles. The van der Waals surface area contributed by atoms with Crippen LogP contribution in [0.2, 0.25) is 0 Å². The van der Waals surface area contributed by atoms with E-state index in [1.165, 1.54) is 11.1 Å². The summed E-state index contributed by atoms with van der Waals surface area (Å²) >= 11 is 0. The predicted molar refractivity (Wildman–Crippen MR) is 78.2 cm³/mol. The minimum Gasteiger partial charge on any atom is -0.496 e. The molecule has 18 heavy (non-hydrogen) atoms. The first-order chi connectivity index (χ1) is 8.49. The first kappa shape index (κ1) is 15.0. The van der Waals surface area contributed by atoms with E-state index in [1.807, 2.05) is 0 Å². The van der Waals surface area contributed by atoms with E-state index < -0.39 is 0 Å². The van der Waals surface area contributed by atoms with E-state index in [9.17, 15) is 0 Å². The lowest BCUT2D eigenvalue weighted by molar-refractivity contribution is 0.373. The highest BCUT2D eigenvalue weighted by atomic mass is 16.5. The minimum absolute atomic E-state index is 0.515. The molecule has 1 aromatic carbocycles. The fraction of sp³-hybridized carbons (Fsp3) is 0.625. The van der Waals surface area contributed by atoms with Crippen molar-refractivity contribution in [2.75, 3.05) is 13.7 Å². The number of hydrogen-bond acceptors (Lipinski definition) is 2. The zero-order valence-electron chi connectivity index (χ0n) is 12.4. The van der Waals surface area contributed by atoms with Crippen LogP contribution in [0.5, 0.6) is 5.75 Å². The minimum atomic E-state index is 0.515. The molecule has 0 bridgehead atoms. The fourth-order valence-electron chi connectivity index (χ4n) is 2.19. The number of ether oxygens (including phenoxy) is 1. The van der Waals surface area contributed by atoms with E-state index in [1.54, 1.807) is 7.11 Å². The van der Waals surface area contributed by atoms with Gasteiger partial charge in [0.05, 0.1) is 7.11 Å². The Labute approximate surface area is 112 Å². The third kappa shape index (κ3) is 3.74. The highest BCUT2D eigenvalue weighted by Gasteiger charge is 2.15. The SMILES string of the molecule is COc1ccc(C(C)C)cc1CC(CN)C(C)C. The molecule has 0 aromatic heterocycles. The van der Waals surface area contributed by atoms with Gasteiger partial charge in [0.1, 0.15) is 5.75 Å². The molecule has 1 rings (SSSR count). The van der Waals surface area contributed by atoms with Crippen LogP contribution in [0.3, 0.4) is 0 Å². The standard InChI is InChI=1S/C16H27NO/c1-11(2)13-6-7-16(18-5)14(8-13)9-15(10-17)12(3)4/h6-8,11-12,15H,9-10,17H2,1-5H3. The summed E-state index contributed by atoms with van der Waals surface area (Å²) in [6.45, 7) is 9.63. The van der Waals surface area contributed by atoms with Crippen LogP contribution < -0.4 is 10.5 Å². The van der Waals surface area contributed by atoms with Crippen LogP contribution in [0.1, 0.15) is 44.7 Å². The summed E-state index contributed by atoms with van der Waals surface area (Å²) in [5.74, 6) is 2.65. The van der Waals surface area contributed by atoms with Crippen LogP contribution in [0.25, 0.3) is 0 Å². The third-order valence-corrected chi connectivity index (χ3v) is 3.70. The van der Waals surface area contributed by atoms with Crippen molar-refractivity contribution >= 4 is 0 Å². The zero-order valence-corrected chi connectivity index (χ0v) is 12.4. The summed E-state index contributed by atoms with van der Waals surface area (Å²) in [5, 5.41) is 0. The quantitative estimate of drug-likeness (QED) is 0.836. The Bertz CT molecular complexity index is 371. The second-order valence-corrected chi connectivity index (χ2v) is 5.67. The van der Waals surface area contributed by atoms with Crippen molar-refractivity contribution in [3.63, 3.8) is 0 Å². The first-order valence-corrected chi connectivity index (χ1v) is 6.86. The predicted octanol–water partition coefficient (Wildman–Crippen LogP) is 3.59. The van der Waals surface area contributed by atoms with E-state index in [-0.39, 0.29) is 0 Å². The summed E-state index contributed by atoms with van der Waals surface area (Å²) in [7, 11) is 1.74. The van der Waals surface area contributed by atoms with Gasteiger partial charge in [-0.3, -0.25) is 0 Å². The monoisotopic (exact) mass is 249 g/mol. The Hall–Kier alpha value is -1.02. The number of rotatable bonds is 6. The van der Waals surface area contributed by atoms with Crippen molar-refractivity contribution in [3.05, 3.63) is 29.3 Å². The van der Waals surface area contributed by atoms with Crippen LogP contribution in [0.15, 0.2) is 18.2 Å². The molecule has 0 spiro atoms. The molecular weight excluding hydrogens is 222 g/mol. The van der Waals surface area contributed by atoms with Crippen molar-refractivity contribution in [1.29, 1.82) is 0 Å². The van der Waals surface area contributed by atoms with E-state index in [4.69, 9.17) is 10.5 Å². The van der Waals surface area contributed by atoms with Gasteiger partial charge in [-0.2, -0.15) is 0 Å². The Morgan fingerprint density at radius 2 is 1.83 bits per heavy atom. The highest BCUT2D eigenvalue weighted by molar-refractivity contribution is 5.38. The van der Waals surface area contributed by atoms with Gasteiger partial charge in [0.25, 0.3) is 0 Å². The van der Waals surface area contributed by atoms with Gasteiger partial charge >= 0.3 is 0 Å². The summed E-state index contributed by atoms with van der Waals surface area (Å²) in [6, 6.07) is 6.51. The molecule has 0 radical (unpaired) electrons. The van der Waals surface area contributed by atoms with Crippen molar-refractivity contribution in [2.24, 2.45) is 17.6 Å². The van der Waals surface area contributed by atoms with Gasteiger partial charge < -0.3 is 10.5 Å². The Morgan fingerprint density at radius 1 is 1.17 bits per heavy atom. The van der Waals surface area contributed by atoms with Gasteiger partial charge in [-0.15, -0.1) is 0 Å². The van der Waals surface area contributed by atoms with Crippen molar-refractivity contribution in [1.82, 2.24) is 0 Å². The van der Waals surface area contributed by atoms with Crippen LogP contribution in [0, 0.1) is 11.8 Å². The molecule has 2 heteroatoms. The van der Waals surface area contributed by atoms with Crippen LogP contribution >= 0.6 is 0 Å². The molecule has 0 saturated heterocycles. The van der Waals surface area contributed by atoms with Crippen molar-refractivity contribution in [2.45, 2.75) is 40.0 Å². The number of methoxy groups -OCH3 is 1. The topological polar surface area (TPSA) is 35.2 Å². The lowest BCUT2D eigenvalue weighted by Crippen LogP contribution is -2.22. The highest BCUT2D eigenvalue weighted by Crippen LogP contribution is 2.28. The fourth-order valence-corrected chi connectivity index (χ4v) is 2.19. The third-order valence-electron chi connectivity index (χ3n) is 3.70. The zero-order chi connectivity index (χ0) is 13.7. The second-order valence-electron chi connectivity index (χ2n) is 5.67. The molecule has 2 N–H and O–H groups in total. The molecule has 0 aliphatic rings. The summed E-state index contributed by atoms with van der Waals surface area (Å²) < 4.78 is 5.46. The summed E-state index contributed by atoms with van der Waals surface area (Å²) in [4.78, 5) is 0. The largest absolute Gasteiger partial charge is 0.496 e. The molecule has 0 heterocycles. The second kappa shape index (κ2) is 6.79. The lowest BCUT2D eigenvalue weighted by atomic mass is 9.87. The van der Waals surface area contributed by atoms with Gasteiger partial charge in [0, 0.05) is 0 Å². The lowest BCUT2D eigenvalue weighted by Gasteiger charge is -2.21. The maximum atomic E-state index is 5.87. The van der Waals surface area contributed by atoms with E-state index in [0.717, 1.165) is 18.7 Å². The van der Waals surface area contributed by atoms with E-state index in [0.29, 0.717) is 17.8 Å². The maximum Gasteiger partial charge on any atom is 0.122 e. The van der Waals surface area contributed by atoms with Crippen LogP contribution in [-0.4, -0.2) is 13.7 Å². The number of hydrogen-bond donors (Lipinski definition) is 1. The molecule has 1 atom stereocenters. The molecule has 102 valence electrons. The Balaban J connectivity index is 3.00. The molecule has 2 nitrogen and oxygen atoms in total. The summed E-state index contributed by atoms with van der Waals surface area (Å²) in [6.07, 6.45) is 0.998. The van der Waals surface area contributed by atoms with E-state index in [2.05, 4.69) is 45.9 Å². The first-order valence-electron chi connectivity index (χ1n) is 6.86. The van der Waals surface area contributed by atoms with Gasteiger partial charge in [-0.05, 0) is 47.9 Å². The van der Waals surface area contributed by atoms with Crippen molar-refractivity contribution in [3.8, 4) is 5.75 Å². The normalized spacial score (nSPS) is 13.1.